The minimum absolute atomic E-state index is 0.131. The number of hydrogen-bond donors (Lipinski definition) is 2. The average molecular weight is 303 g/mol. The minimum Gasteiger partial charge on any atom is -0.325 e. The van der Waals surface area contributed by atoms with Crippen LogP contribution in [0.1, 0.15) is 18.2 Å². The Morgan fingerprint density at radius 3 is 2.57 bits per heavy atom. The second-order valence-corrected chi connectivity index (χ2v) is 6.14. The monoisotopic (exact) mass is 303 g/mol. The van der Waals surface area contributed by atoms with Gasteiger partial charge in [-0.25, -0.2) is 4.98 Å². The molecule has 0 aliphatic rings. The van der Waals surface area contributed by atoms with Crippen LogP contribution in [0.25, 0.3) is 0 Å². The van der Waals surface area contributed by atoms with Gasteiger partial charge in [-0.2, -0.15) is 0 Å². The first-order valence-corrected chi connectivity index (χ1v) is 7.44. The number of H-pyrrole nitrogens is 1. The van der Waals surface area contributed by atoms with E-state index in [0.717, 1.165) is 11.3 Å². The van der Waals surface area contributed by atoms with Gasteiger partial charge >= 0.3 is 0 Å². The number of hydrogen-bond acceptors (Lipinski definition) is 4. The molecule has 0 fully saturated rings. The van der Waals surface area contributed by atoms with Crippen LogP contribution in [0.15, 0.2) is 40.3 Å². The SMILES string of the molecule is Cc1ccc(NC(=O)[C@H](C)Sc2nc(C)cc(=O)[nH]2)cc1. The van der Waals surface area contributed by atoms with Crippen LogP contribution in [0.4, 0.5) is 5.69 Å². The summed E-state index contributed by atoms with van der Waals surface area (Å²) in [6.45, 7) is 5.51. The Labute approximate surface area is 127 Å². The maximum atomic E-state index is 12.1. The molecule has 1 aromatic carbocycles. The van der Waals surface area contributed by atoms with Crippen LogP contribution in [0.3, 0.4) is 0 Å². The van der Waals surface area contributed by atoms with Crippen molar-refractivity contribution in [3.63, 3.8) is 0 Å². The lowest BCUT2D eigenvalue weighted by Crippen LogP contribution is -2.23. The molecule has 1 amide bonds. The van der Waals surface area contributed by atoms with Crippen molar-refractivity contribution in [2.24, 2.45) is 0 Å². The first-order valence-electron chi connectivity index (χ1n) is 6.56. The number of nitrogens with one attached hydrogen (secondary N) is 2. The lowest BCUT2D eigenvalue weighted by atomic mass is 10.2. The van der Waals surface area contributed by atoms with Crippen molar-refractivity contribution in [1.29, 1.82) is 0 Å². The number of aromatic amines is 1. The number of carbonyl (C=O) groups is 1. The normalized spacial score (nSPS) is 12.0. The zero-order valence-electron chi connectivity index (χ0n) is 12.1. The molecule has 0 saturated heterocycles. The van der Waals surface area contributed by atoms with Gasteiger partial charge in [0.05, 0.1) is 5.25 Å². The Hall–Kier alpha value is -2.08. The number of benzene rings is 1. The third kappa shape index (κ3) is 4.46. The second-order valence-electron chi connectivity index (χ2n) is 4.81. The number of carbonyl (C=O) groups excluding carboxylic acids is 1. The first-order chi connectivity index (χ1) is 9.94. The fraction of sp³-hybridized carbons (Fsp3) is 0.267. The Morgan fingerprint density at radius 2 is 1.95 bits per heavy atom. The van der Waals surface area contributed by atoms with Gasteiger partial charge in [-0.1, -0.05) is 29.5 Å². The standard InChI is InChI=1S/C15H17N3O2S/c1-9-4-6-12(7-5-9)17-14(20)11(3)21-15-16-10(2)8-13(19)18-15/h4-8,11H,1-3H3,(H,17,20)(H,16,18,19)/t11-/m0/s1. The van der Waals surface area contributed by atoms with Crippen molar-refractivity contribution in [1.82, 2.24) is 9.97 Å². The molecule has 2 aromatic rings. The molecule has 5 nitrogen and oxygen atoms in total. The van der Waals surface area contributed by atoms with Crippen molar-refractivity contribution in [3.05, 3.63) is 51.9 Å². The van der Waals surface area contributed by atoms with E-state index in [9.17, 15) is 9.59 Å². The maximum Gasteiger partial charge on any atom is 0.251 e. The van der Waals surface area contributed by atoms with E-state index in [0.29, 0.717) is 10.9 Å². The minimum atomic E-state index is -0.365. The number of aromatic nitrogens is 2. The fourth-order valence-corrected chi connectivity index (χ4v) is 2.57. The molecule has 110 valence electrons. The summed E-state index contributed by atoms with van der Waals surface area (Å²) in [7, 11) is 0. The number of nitrogens with zero attached hydrogens (tertiary/aromatic N) is 1. The van der Waals surface area contributed by atoms with Crippen LogP contribution in [0.2, 0.25) is 0 Å². The molecule has 1 atom stereocenters. The Morgan fingerprint density at radius 1 is 1.29 bits per heavy atom. The van der Waals surface area contributed by atoms with Crippen LogP contribution in [-0.4, -0.2) is 21.1 Å². The summed E-state index contributed by atoms with van der Waals surface area (Å²) < 4.78 is 0. The van der Waals surface area contributed by atoms with Gasteiger partial charge in [-0.3, -0.25) is 9.59 Å². The summed E-state index contributed by atoms with van der Waals surface area (Å²) in [5.74, 6) is -0.131. The van der Waals surface area contributed by atoms with E-state index in [1.807, 2.05) is 31.2 Å². The summed E-state index contributed by atoms with van der Waals surface area (Å²) in [4.78, 5) is 30.3. The average Bonchev–Trinajstić information content (AvgIpc) is 2.40. The Balaban J connectivity index is 2.02. The molecule has 0 saturated carbocycles. The van der Waals surface area contributed by atoms with Gasteiger partial charge in [-0.15, -0.1) is 0 Å². The number of thioether (sulfide) groups is 1. The first kappa shape index (κ1) is 15.3. The zero-order chi connectivity index (χ0) is 15.4. The summed E-state index contributed by atoms with van der Waals surface area (Å²) in [5, 5.41) is 2.92. The van der Waals surface area contributed by atoms with Crippen LogP contribution < -0.4 is 10.9 Å². The highest BCUT2D eigenvalue weighted by Crippen LogP contribution is 2.20. The van der Waals surface area contributed by atoms with Gasteiger partial charge in [0.1, 0.15) is 0 Å². The molecule has 2 rings (SSSR count). The molecule has 1 heterocycles. The Kier molecular flexibility index (Phi) is 4.80. The van der Waals surface area contributed by atoms with Gasteiger partial charge in [0.25, 0.3) is 5.56 Å². The summed E-state index contributed by atoms with van der Waals surface area (Å²) in [6.07, 6.45) is 0. The van der Waals surface area contributed by atoms with Crippen molar-refractivity contribution in [2.75, 3.05) is 5.32 Å². The van der Waals surface area contributed by atoms with Crippen molar-refractivity contribution < 1.29 is 4.79 Å². The van der Waals surface area contributed by atoms with E-state index in [-0.39, 0.29) is 16.7 Å². The van der Waals surface area contributed by atoms with Crippen LogP contribution in [-0.2, 0) is 4.79 Å². The van der Waals surface area contributed by atoms with Gasteiger partial charge < -0.3 is 10.3 Å². The van der Waals surface area contributed by atoms with Crippen LogP contribution >= 0.6 is 11.8 Å². The lowest BCUT2D eigenvalue weighted by Gasteiger charge is -2.11. The second kappa shape index (κ2) is 6.58. The largest absolute Gasteiger partial charge is 0.325 e. The highest BCUT2D eigenvalue weighted by molar-refractivity contribution is 8.00. The molecule has 6 heteroatoms. The lowest BCUT2D eigenvalue weighted by molar-refractivity contribution is -0.115. The zero-order valence-corrected chi connectivity index (χ0v) is 13.0. The number of amides is 1. The topological polar surface area (TPSA) is 74.8 Å². The maximum absolute atomic E-state index is 12.1. The van der Waals surface area contributed by atoms with Crippen LogP contribution in [0, 0.1) is 13.8 Å². The van der Waals surface area contributed by atoms with Crippen molar-refractivity contribution in [2.45, 2.75) is 31.2 Å². The molecular formula is C15H17N3O2S. The van der Waals surface area contributed by atoms with Gasteiger partial charge in [0.15, 0.2) is 5.16 Å². The fourth-order valence-electron chi connectivity index (χ4n) is 1.71. The summed E-state index contributed by atoms with van der Waals surface area (Å²) in [6, 6.07) is 9.01. The molecule has 0 aliphatic carbocycles. The molecule has 1 aromatic heterocycles. The summed E-state index contributed by atoms with van der Waals surface area (Å²) in [5.41, 5.74) is 2.31. The Bertz CT molecular complexity index is 695. The highest BCUT2D eigenvalue weighted by atomic mass is 32.2. The van der Waals surface area contributed by atoms with E-state index in [1.54, 1.807) is 13.8 Å². The molecule has 0 radical (unpaired) electrons. The molecular weight excluding hydrogens is 286 g/mol. The van der Waals surface area contributed by atoms with E-state index in [4.69, 9.17) is 0 Å². The highest BCUT2D eigenvalue weighted by Gasteiger charge is 2.16. The molecule has 0 aliphatic heterocycles. The van der Waals surface area contributed by atoms with E-state index in [1.165, 1.54) is 17.8 Å². The molecule has 0 unspecified atom stereocenters. The third-order valence-corrected chi connectivity index (χ3v) is 3.81. The smallest absolute Gasteiger partial charge is 0.251 e. The predicted octanol–water partition coefficient (Wildman–Crippen LogP) is 2.51. The number of anilines is 1. The van der Waals surface area contributed by atoms with Gasteiger partial charge in [-0.05, 0) is 32.9 Å². The number of rotatable bonds is 4. The van der Waals surface area contributed by atoms with Gasteiger partial charge in [0, 0.05) is 17.4 Å². The van der Waals surface area contributed by atoms with E-state index >= 15 is 0 Å². The van der Waals surface area contributed by atoms with Crippen molar-refractivity contribution >= 4 is 23.4 Å². The van der Waals surface area contributed by atoms with Gasteiger partial charge in [0.2, 0.25) is 5.91 Å². The molecule has 21 heavy (non-hydrogen) atoms. The van der Waals surface area contributed by atoms with Crippen LogP contribution in [0.5, 0.6) is 0 Å². The van der Waals surface area contributed by atoms with E-state index in [2.05, 4.69) is 15.3 Å². The third-order valence-electron chi connectivity index (χ3n) is 2.82. The summed E-state index contributed by atoms with van der Waals surface area (Å²) >= 11 is 1.22. The van der Waals surface area contributed by atoms with E-state index < -0.39 is 0 Å². The van der Waals surface area contributed by atoms with Crippen molar-refractivity contribution in [3.8, 4) is 0 Å². The molecule has 0 spiro atoms. The predicted molar refractivity (Wildman–Crippen MR) is 84.7 cm³/mol. The molecule has 0 bridgehead atoms. The molecule has 2 N–H and O–H groups in total. The quantitative estimate of drug-likeness (QED) is 0.672. The number of aryl methyl sites for hydroxylation is 2.